The monoisotopic (exact) mass is 485 g/mol. The summed E-state index contributed by atoms with van der Waals surface area (Å²) in [5.74, 6) is -0.352. The maximum Gasteiger partial charge on any atom is 0.319 e. The molecule has 0 aliphatic carbocycles. The quantitative estimate of drug-likeness (QED) is 0.455. The predicted octanol–water partition coefficient (Wildman–Crippen LogP) is 3.31. The maximum absolute atomic E-state index is 13.2. The van der Waals surface area contributed by atoms with E-state index in [2.05, 4.69) is 20.9 Å². The molecule has 3 atom stereocenters. The lowest BCUT2D eigenvalue weighted by Crippen LogP contribution is -2.61. The summed E-state index contributed by atoms with van der Waals surface area (Å²) in [4.78, 5) is 43.1. The first-order valence-corrected chi connectivity index (χ1v) is 11.3. The number of piperazine rings is 1. The van der Waals surface area contributed by atoms with Gasteiger partial charge in [0.1, 0.15) is 12.1 Å². The minimum atomic E-state index is -0.647. The van der Waals surface area contributed by atoms with Crippen LogP contribution in [0.2, 0.25) is 10.0 Å². The number of fused-ring (bicyclic) bond motifs is 2. The van der Waals surface area contributed by atoms with E-state index in [9.17, 15) is 14.4 Å². The molecule has 0 saturated carbocycles. The Bertz CT molecular complexity index is 1260. The molecule has 1 aromatic heterocycles. The van der Waals surface area contributed by atoms with Gasteiger partial charge in [0, 0.05) is 30.1 Å². The number of para-hydroxylation sites is 1. The summed E-state index contributed by atoms with van der Waals surface area (Å²) in [6.45, 7) is 0.262. The van der Waals surface area contributed by atoms with E-state index in [1.165, 1.54) is 0 Å². The molecule has 10 heteroatoms. The zero-order valence-electron chi connectivity index (χ0n) is 17.4. The molecule has 170 valence electrons. The largest absolute Gasteiger partial charge is 0.361 e. The number of amides is 4. The summed E-state index contributed by atoms with van der Waals surface area (Å²) in [5, 5.41) is 9.95. The van der Waals surface area contributed by atoms with E-state index in [0.29, 0.717) is 23.6 Å². The van der Waals surface area contributed by atoms with Gasteiger partial charge in [-0.15, -0.1) is 0 Å². The number of anilines is 1. The van der Waals surface area contributed by atoms with Gasteiger partial charge in [-0.05, 0) is 30.2 Å². The number of aromatic amines is 1. The van der Waals surface area contributed by atoms with Crippen LogP contribution in [-0.2, 0) is 16.0 Å². The Kier molecular flexibility index (Phi) is 5.64. The molecule has 2 aliphatic rings. The minimum Gasteiger partial charge on any atom is -0.361 e. The molecule has 8 nitrogen and oxygen atoms in total. The second kappa shape index (κ2) is 8.61. The van der Waals surface area contributed by atoms with Gasteiger partial charge in [-0.2, -0.15) is 0 Å². The fraction of sp³-hybridized carbons (Fsp3) is 0.261. The number of carbonyl (C=O) groups is 3. The summed E-state index contributed by atoms with van der Waals surface area (Å²) in [6.07, 6.45) is 2.60. The van der Waals surface area contributed by atoms with Crippen molar-refractivity contribution in [1.82, 2.24) is 20.5 Å². The standard InChI is InChI=1S/C23H21Cl2N5O3/c24-15-5-3-7-17(20(15)25)29-23(33)27-13-9-19-21(31)28-18(22(32)30(19)11-13)8-12-10-26-16-6-2-1-4-14(12)16/h1-7,10,13,18-19,26H,8-9,11H2,(H,28,31)(H2,27,29,33)/t13-,18-,19-/m0/s1. The molecule has 0 bridgehead atoms. The fourth-order valence-corrected chi connectivity index (χ4v) is 4.91. The first-order chi connectivity index (χ1) is 15.9. The Morgan fingerprint density at radius 2 is 1.94 bits per heavy atom. The van der Waals surface area contributed by atoms with Crippen LogP contribution >= 0.6 is 23.2 Å². The van der Waals surface area contributed by atoms with Crippen molar-refractivity contribution in [3.05, 3.63) is 64.3 Å². The van der Waals surface area contributed by atoms with Crippen LogP contribution < -0.4 is 16.0 Å². The normalized spacial score (nSPS) is 22.2. The Balaban J connectivity index is 1.25. The van der Waals surface area contributed by atoms with Gasteiger partial charge in [0.05, 0.1) is 21.8 Å². The van der Waals surface area contributed by atoms with Crippen molar-refractivity contribution in [3.63, 3.8) is 0 Å². The molecule has 33 heavy (non-hydrogen) atoms. The van der Waals surface area contributed by atoms with Crippen LogP contribution in [0.5, 0.6) is 0 Å². The fourth-order valence-electron chi connectivity index (χ4n) is 4.57. The Morgan fingerprint density at radius 1 is 1.12 bits per heavy atom. The van der Waals surface area contributed by atoms with E-state index in [-0.39, 0.29) is 29.4 Å². The van der Waals surface area contributed by atoms with Gasteiger partial charge >= 0.3 is 6.03 Å². The number of urea groups is 1. The second-order valence-corrected chi connectivity index (χ2v) is 9.05. The topological polar surface area (TPSA) is 106 Å². The van der Waals surface area contributed by atoms with Crippen molar-refractivity contribution in [2.45, 2.75) is 31.0 Å². The molecule has 3 heterocycles. The van der Waals surface area contributed by atoms with Crippen molar-refractivity contribution in [2.75, 3.05) is 11.9 Å². The second-order valence-electron chi connectivity index (χ2n) is 8.26. The van der Waals surface area contributed by atoms with Gasteiger partial charge < -0.3 is 25.8 Å². The lowest BCUT2D eigenvalue weighted by molar-refractivity contribution is -0.146. The molecule has 2 aliphatic heterocycles. The van der Waals surface area contributed by atoms with Crippen molar-refractivity contribution in [1.29, 1.82) is 0 Å². The van der Waals surface area contributed by atoms with E-state index >= 15 is 0 Å². The maximum atomic E-state index is 13.2. The zero-order valence-corrected chi connectivity index (χ0v) is 18.9. The number of H-pyrrole nitrogens is 1. The first kappa shape index (κ1) is 21.6. The number of hydrogen-bond acceptors (Lipinski definition) is 3. The van der Waals surface area contributed by atoms with E-state index in [4.69, 9.17) is 23.2 Å². The Morgan fingerprint density at radius 3 is 2.79 bits per heavy atom. The van der Waals surface area contributed by atoms with Crippen LogP contribution in [-0.4, -0.2) is 52.4 Å². The van der Waals surface area contributed by atoms with Crippen LogP contribution in [0.15, 0.2) is 48.7 Å². The zero-order chi connectivity index (χ0) is 23.1. The average molecular weight is 486 g/mol. The minimum absolute atomic E-state index is 0.146. The van der Waals surface area contributed by atoms with Gasteiger partial charge in [0.25, 0.3) is 0 Å². The number of benzene rings is 2. The smallest absolute Gasteiger partial charge is 0.319 e. The first-order valence-electron chi connectivity index (χ1n) is 10.6. The summed E-state index contributed by atoms with van der Waals surface area (Å²) in [7, 11) is 0. The van der Waals surface area contributed by atoms with E-state index in [1.54, 1.807) is 23.1 Å². The number of nitrogens with zero attached hydrogens (tertiary/aromatic N) is 1. The molecular weight excluding hydrogens is 465 g/mol. The third-order valence-electron chi connectivity index (χ3n) is 6.14. The number of rotatable bonds is 4. The molecule has 0 spiro atoms. The SMILES string of the molecule is O=C(Nc1cccc(Cl)c1Cl)N[C@H]1C[C@H]2C(=O)N[C@@H](Cc3c[nH]c4ccccc34)C(=O)N2C1. The molecule has 2 saturated heterocycles. The van der Waals surface area contributed by atoms with Crippen molar-refractivity contribution in [2.24, 2.45) is 0 Å². The van der Waals surface area contributed by atoms with E-state index < -0.39 is 18.1 Å². The lowest BCUT2D eigenvalue weighted by Gasteiger charge is -2.34. The average Bonchev–Trinajstić information content (AvgIpc) is 3.40. The third kappa shape index (κ3) is 4.12. The number of nitrogens with one attached hydrogen (secondary N) is 4. The van der Waals surface area contributed by atoms with Crippen molar-refractivity contribution in [3.8, 4) is 0 Å². The summed E-state index contributed by atoms with van der Waals surface area (Å²) in [6, 6.07) is 10.7. The molecule has 0 radical (unpaired) electrons. The van der Waals surface area contributed by atoms with Crippen LogP contribution in [0.3, 0.4) is 0 Å². The molecule has 2 aromatic carbocycles. The highest BCUT2D eigenvalue weighted by atomic mass is 35.5. The van der Waals surface area contributed by atoms with Crippen LogP contribution in [0.1, 0.15) is 12.0 Å². The van der Waals surface area contributed by atoms with E-state index in [0.717, 1.165) is 16.5 Å². The number of hydrogen-bond donors (Lipinski definition) is 4. The molecule has 0 unspecified atom stereocenters. The third-order valence-corrected chi connectivity index (χ3v) is 6.95. The highest BCUT2D eigenvalue weighted by Gasteiger charge is 2.46. The molecule has 4 N–H and O–H groups in total. The Labute approximate surface area is 199 Å². The van der Waals surface area contributed by atoms with Crippen LogP contribution in [0, 0.1) is 0 Å². The molecular formula is C23H21Cl2N5O3. The summed E-state index contributed by atoms with van der Waals surface area (Å²) in [5.41, 5.74) is 2.33. The van der Waals surface area contributed by atoms with Gasteiger partial charge in [0.15, 0.2) is 0 Å². The summed E-state index contributed by atoms with van der Waals surface area (Å²) < 4.78 is 0. The van der Waals surface area contributed by atoms with Crippen LogP contribution in [0.4, 0.5) is 10.5 Å². The van der Waals surface area contributed by atoms with Crippen molar-refractivity contribution >= 4 is 57.6 Å². The number of halogens is 2. The van der Waals surface area contributed by atoms with E-state index in [1.807, 2.05) is 30.5 Å². The number of aromatic nitrogens is 1. The highest BCUT2D eigenvalue weighted by molar-refractivity contribution is 6.43. The van der Waals surface area contributed by atoms with Gasteiger partial charge in [-0.25, -0.2) is 4.79 Å². The lowest BCUT2D eigenvalue weighted by atomic mass is 10.0. The van der Waals surface area contributed by atoms with Gasteiger partial charge in [0.2, 0.25) is 11.8 Å². The van der Waals surface area contributed by atoms with Crippen LogP contribution in [0.25, 0.3) is 10.9 Å². The highest BCUT2D eigenvalue weighted by Crippen LogP contribution is 2.30. The van der Waals surface area contributed by atoms with Crippen molar-refractivity contribution < 1.29 is 14.4 Å². The Hall–Kier alpha value is -3.23. The summed E-state index contributed by atoms with van der Waals surface area (Å²) >= 11 is 12.1. The van der Waals surface area contributed by atoms with Gasteiger partial charge in [-0.1, -0.05) is 47.5 Å². The predicted molar refractivity (Wildman–Crippen MR) is 126 cm³/mol. The van der Waals surface area contributed by atoms with Gasteiger partial charge in [-0.3, -0.25) is 9.59 Å². The molecule has 4 amide bonds. The molecule has 5 rings (SSSR count). The molecule has 2 fully saturated rings. The molecule has 3 aromatic rings. The number of carbonyl (C=O) groups excluding carboxylic acids is 3.